The minimum Gasteiger partial charge on any atom is -0.342 e. The Morgan fingerprint density at radius 3 is 2.67 bits per heavy atom. The average Bonchev–Trinajstić information content (AvgIpc) is 2.36. The van der Waals surface area contributed by atoms with E-state index in [2.05, 4.69) is 0 Å². The van der Waals surface area contributed by atoms with Crippen molar-refractivity contribution in [2.45, 2.75) is 25.3 Å². The largest absolute Gasteiger partial charge is 0.342 e. The Balaban J connectivity index is 2.01. The van der Waals surface area contributed by atoms with Gasteiger partial charge in [0.05, 0.1) is 6.42 Å². The molecule has 1 aromatic carbocycles. The maximum Gasteiger partial charge on any atom is 0.227 e. The van der Waals surface area contributed by atoms with Crippen molar-refractivity contribution in [3.8, 4) is 0 Å². The van der Waals surface area contributed by atoms with Crippen molar-refractivity contribution >= 4 is 5.91 Å². The van der Waals surface area contributed by atoms with Crippen LogP contribution in [-0.4, -0.2) is 29.9 Å². The quantitative estimate of drug-likeness (QED) is 0.868. The lowest BCUT2D eigenvalue weighted by Crippen LogP contribution is -2.43. The fourth-order valence-corrected chi connectivity index (χ4v) is 2.11. The number of amides is 1. The summed E-state index contributed by atoms with van der Waals surface area (Å²) in [6.45, 7) is 1.19. The molecule has 5 heteroatoms. The molecule has 0 atom stereocenters. The van der Waals surface area contributed by atoms with Crippen LogP contribution in [0.2, 0.25) is 0 Å². The molecule has 1 heterocycles. The second-order valence-corrected chi connectivity index (χ2v) is 4.61. The third-order valence-electron chi connectivity index (χ3n) is 3.27. The molecule has 0 radical (unpaired) electrons. The van der Waals surface area contributed by atoms with Crippen molar-refractivity contribution in [3.05, 3.63) is 35.4 Å². The highest BCUT2D eigenvalue weighted by atomic mass is 19.2. The smallest absolute Gasteiger partial charge is 0.227 e. The zero-order valence-electron chi connectivity index (χ0n) is 10.0. The predicted molar refractivity (Wildman–Crippen MR) is 63.9 cm³/mol. The summed E-state index contributed by atoms with van der Waals surface area (Å²) < 4.78 is 26.4. The highest BCUT2D eigenvalue weighted by molar-refractivity contribution is 5.78. The van der Waals surface area contributed by atoms with Crippen LogP contribution in [0.4, 0.5) is 8.78 Å². The van der Waals surface area contributed by atoms with Crippen molar-refractivity contribution < 1.29 is 13.6 Å². The van der Waals surface area contributed by atoms with E-state index in [1.165, 1.54) is 12.1 Å². The minimum atomic E-state index is -0.931. The number of likely N-dealkylation sites (tertiary alicyclic amines) is 1. The second-order valence-electron chi connectivity index (χ2n) is 4.61. The maximum absolute atomic E-state index is 13.4. The minimum absolute atomic E-state index is 0.0984. The summed E-state index contributed by atoms with van der Waals surface area (Å²) in [6, 6.07) is 4.03. The second kappa shape index (κ2) is 5.44. The molecule has 0 aliphatic carbocycles. The molecule has 2 N–H and O–H groups in total. The number of benzene rings is 1. The molecule has 1 saturated heterocycles. The number of hydrogen-bond donors (Lipinski definition) is 1. The molecule has 1 fully saturated rings. The first-order valence-corrected chi connectivity index (χ1v) is 6.04. The number of carbonyl (C=O) groups is 1. The van der Waals surface area contributed by atoms with Crippen LogP contribution in [0.3, 0.4) is 0 Å². The van der Waals surface area contributed by atoms with E-state index in [9.17, 15) is 13.6 Å². The van der Waals surface area contributed by atoms with Crippen LogP contribution in [0.5, 0.6) is 0 Å². The third kappa shape index (κ3) is 2.85. The number of hydrogen-bond acceptors (Lipinski definition) is 2. The van der Waals surface area contributed by atoms with E-state index in [-0.39, 0.29) is 23.9 Å². The van der Waals surface area contributed by atoms with Crippen molar-refractivity contribution in [3.63, 3.8) is 0 Å². The number of piperidine rings is 1. The van der Waals surface area contributed by atoms with Gasteiger partial charge in [0, 0.05) is 24.7 Å². The number of nitrogens with zero attached hydrogens (tertiary/aromatic N) is 1. The fraction of sp³-hybridized carbons (Fsp3) is 0.462. The van der Waals surface area contributed by atoms with Crippen LogP contribution in [0.1, 0.15) is 18.4 Å². The lowest BCUT2D eigenvalue weighted by molar-refractivity contribution is -0.131. The molecule has 0 saturated carbocycles. The summed E-state index contributed by atoms with van der Waals surface area (Å²) in [7, 11) is 0. The zero-order valence-corrected chi connectivity index (χ0v) is 10.0. The van der Waals surface area contributed by atoms with Gasteiger partial charge in [0.25, 0.3) is 0 Å². The molecule has 0 aromatic heterocycles. The van der Waals surface area contributed by atoms with E-state index in [1.54, 1.807) is 4.90 Å². The predicted octanol–water partition coefficient (Wildman–Crippen LogP) is 1.46. The van der Waals surface area contributed by atoms with Crippen molar-refractivity contribution in [2.75, 3.05) is 13.1 Å². The molecule has 3 nitrogen and oxygen atoms in total. The molecule has 2 rings (SSSR count). The standard InChI is InChI=1S/C13H16F2N2O/c14-11-3-1-2-9(13(11)15)8-12(18)17-6-4-10(16)5-7-17/h1-3,10H,4-8,16H2. The Kier molecular flexibility index (Phi) is 3.91. The van der Waals surface area contributed by atoms with Crippen LogP contribution < -0.4 is 5.73 Å². The molecular weight excluding hydrogens is 238 g/mol. The lowest BCUT2D eigenvalue weighted by Gasteiger charge is -2.30. The highest BCUT2D eigenvalue weighted by Gasteiger charge is 2.21. The molecule has 0 spiro atoms. The van der Waals surface area contributed by atoms with Crippen molar-refractivity contribution in [1.29, 1.82) is 0 Å². The van der Waals surface area contributed by atoms with Gasteiger partial charge in [0.2, 0.25) is 5.91 Å². The van der Waals surface area contributed by atoms with E-state index in [0.29, 0.717) is 13.1 Å². The van der Waals surface area contributed by atoms with Gasteiger partial charge in [-0.1, -0.05) is 12.1 Å². The van der Waals surface area contributed by atoms with Gasteiger partial charge in [0.1, 0.15) is 0 Å². The van der Waals surface area contributed by atoms with Gasteiger partial charge in [-0.05, 0) is 18.9 Å². The Morgan fingerprint density at radius 1 is 1.33 bits per heavy atom. The Morgan fingerprint density at radius 2 is 2.00 bits per heavy atom. The fourth-order valence-electron chi connectivity index (χ4n) is 2.11. The van der Waals surface area contributed by atoms with E-state index < -0.39 is 11.6 Å². The van der Waals surface area contributed by atoms with Crippen LogP contribution in [-0.2, 0) is 11.2 Å². The van der Waals surface area contributed by atoms with Gasteiger partial charge < -0.3 is 10.6 Å². The maximum atomic E-state index is 13.4. The molecule has 1 amide bonds. The SMILES string of the molecule is NC1CCN(C(=O)Cc2cccc(F)c2F)CC1. The molecule has 0 unspecified atom stereocenters. The third-order valence-corrected chi connectivity index (χ3v) is 3.27. The first-order chi connectivity index (χ1) is 8.58. The molecule has 98 valence electrons. The number of rotatable bonds is 2. The van der Waals surface area contributed by atoms with E-state index in [0.717, 1.165) is 18.9 Å². The Bertz CT molecular complexity index is 443. The van der Waals surface area contributed by atoms with Crippen molar-refractivity contribution in [2.24, 2.45) is 5.73 Å². The molecule has 1 aliphatic rings. The van der Waals surface area contributed by atoms with Gasteiger partial charge in [-0.2, -0.15) is 0 Å². The van der Waals surface area contributed by atoms with Crippen LogP contribution in [0.15, 0.2) is 18.2 Å². The first-order valence-electron chi connectivity index (χ1n) is 6.04. The highest BCUT2D eigenvalue weighted by Crippen LogP contribution is 2.15. The Hall–Kier alpha value is -1.49. The van der Waals surface area contributed by atoms with Crippen molar-refractivity contribution in [1.82, 2.24) is 4.90 Å². The summed E-state index contributed by atoms with van der Waals surface area (Å²) in [5, 5.41) is 0. The van der Waals surface area contributed by atoms with Gasteiger partial charge in [-0.3, -0.25) is 4.79 Å². The normalized spacial score (nSPS) is 16.9. The van der Waals surface area contributed by atoms with E-state index in [4.69, 9.17) is 5.73 Å². The summed E-state index contributed by atoms with van der Waals surface area (Å²) in [5.74, 6) is -2.02. The number of carbonyl (C=O) groups excluding carboxylic acids is 1. The molecule has 1 aliphatic heterocycles. The van der Waals surface area contributed by atoms with Gasteiger partial charge in [-0.25, -0.2) is 8.78 Å². The summed E-state index contributed by atoms with van der Waals surface area (Å²) in [5.41, 5.74) is 5.85. The Labute approximate surface area is 105 Å². The molecular formula is C13H16F2N2O. The number of nitrogens with two attached hydrogens (primary N) is 1. The van der Waals surface area contributed by atoms with Crippen LogP contribution >= 0.6 is 0 Å². The first kappa shape index (κ1) is 13.0. The molecule has 18 heavy (non-hydrogen) atoms. The zero-order chi connectivity index (χ0) is 13.1. The van der Waals surface area contributed by atoms with Crippen LogP contribution in [0.25, 0.3) is 0 Å². The number of halogens is 2. The monoisotopic (exact) mass is 254 g/mol. The van der Waals surface area contributed by atoms with Gasteiger partial charge in [0.15, 0.2) is 11.6 Å². The van der Waals surface area contributed by atoms with Crippen LogP contribution in [0, 0.1) is 11.6 Å². The summed E-state index contributed by atoms with van der Waals surface area (Å²) in [4.78, 5) is 13.6. The van der Waals surface area contributed by atoms with Gasteiger partial charge >= 0.3 is 0 Å². The van der Waals surface area contributed by atoms with E-state index >= 15 is 0 Å². The average molecular weight is 254 g/mol. The molecule has 1 aromatic rings. The topological polar surface area (TPSA) is 46.3 Å². The van der Waals surface area contributed by atoms with Gasteiger partial charge in [-0.15, -0.1) is 0 Å². The van der Waals surface area contributed by atoms with E-state index in [1.807, 2.05) is 0 Å². The summed E-state index contributed by atoms with van der Waals surface area (Å²) in [6.07, 6.45) is 1.42. The lowest BCUT2D eigenvalue weighted by atomic mass is 10.0. The molecule has 0 bridgehead atoms. The summed E-state index contributed by atoms with van der Waals surface area (Å²) >= 11 is 0.